The van der Waals surface area contributed by atoms with Crippen LogP contribution >= 0.6 is 0 Å². The summed E-state index contributed by atoms with van der Waals surface area (Å²) >= 11 is 0. The Morgan fingerprint density at radius 1 is 1.28 bits per heavy atom. The van der Waals surface area contributed by atoms with Crippen molar-refractivity contribution in [1.82, 2.24) is 0 Å². The summed E-state index contributed by atoms with van der Waals surface area (Å²) < 4.78 is 0. The zero-order valence-corrected chi connectivity index (χ0v) is 10.3. The highest BCUT2D eigenvalue weighted by Crippen LogP contribution is 2.15. The number of allylic oxidation sites excluding steroid dienone is 3. The molecule has 0 aliphatic rings. The molecule has 0 radical (unpaired) electrons. The predicted molar refractivity (Wildman–Crippen MR) is 70.7 cm³/mol. The number of carbonyl (C=O) groups is 2. The van der Waals surface area contributed by atoms with E-state index in [0.29, 0.717) is 11.3 Å². The summed E-state index contributed by atoms with van der Waals surface area (Å²) in [5.74, 6) is -1.23. The van der Waals surface area contributed by atoms with Gasteiger partial charge in [0, 0.05) is 11.8 Å². The average molecular weight is 245 g/mol. The molecule has 4 nitrogen and oxygen atoms in total. The normalized spacial score (nSPS) is 11.0. The third-order valence-corrected chi connectivity index (χ3v) is 2.28. The molecule has 94 valence electrons. The fraction of sp³-hybridized carbons (Fsp3) is 0.143. The van der Waals surface area contributed by atoms with Gasteiger partial charge in [-0.3, -0.25) is 4.79 Å². The van der Waals surface area contributed by atoms with Gasteiger partial charge in [-0.15, -0.1) is 0 Å². The van der Waals surface area contributed by atoms with Crippen molar-refractivity contribution < 1.29 is 14.7 Å². The average Bonchev–Trinajstić information content (AvgIpc) is 2.28. The Kier molecular flexibility index (Phi) is 4.87. The van der Waals surface area contributed by atoms with Crippen LogP contribution in [0, 0.1) is 6.92 Å². The molecule has 0 atom stereocenters. The number of nitrogens with one attached hydrogen (secondary N) is 1. The van der Waals surface area contributed by atoms with Gasteiger partial charge in [-0.25, -0.2) is 4.79 Å². The Morgan fingerprint density at radius 2 is 2.00 bits per heavy atom. The summed E-state index contributed by atoms with van der Waals surface area (Å²) in [5, 5.41) is 11.5. The molecule has 0 heterocycles. The van der Waals surface area contributed by atoms with Crippen LogP contribution < -0.4 is 5.32 Å². The van der Waals surface area contributed by atoms with Gasteiger partial charge in [0.1, 0.15) is 0 Å². The second kappa shape index (κ2) is 6.39. The number of aromatic carboxylic acids is 1. The van der Waals surface area contributed by atoms with Crippen LogP contribution in [0.4, 0.5) is 5.69 Å². The van der Waals surface area contributed by atoms with E-state index in [0.717, 1.165) is 0 Å². The van der Waals surface area contributed by atoms with Crippen LogP contribution in [0.1, 0.15) is 22.8 Å². The van der Waals surface area contributed by atoms with Crippen LogP contribution in [0.15, 0.2) is 42.5 Å². The monoisotopic (exact) mass is 245 g/mol. The van der Waals surface area contributed by atoms with E-state index in [1.807, 2.05) is 13.0 Å². The highest BCUT2D eigenvalue weighted by Gasteiger charge is 2.07. The minimum Gasteiger partial charge on any atom is -0.478 e. The van der Waals surface area contributed by atoms with Crippen molar-refractivity contribution in [2.75, 3.05) is 5.32 Å². The van der Waals surface area contributed by atoms with Gasteiger partial charge in [-0.1, -0.05) is 18.2 Å². The first kappa shape index (κ1) is 13.7. The summed E-state index contributed by atoms with van der Waals surface area (Å²) in [5.41, 5.74) is 1.42. The highest BCUT2D eigenvalue weighted by molar-refractivity contribution is 6.00. The lowest BCUT2D eigenvalue weighted by molar-refractivity contribution is -0.111. The van der Waals surface area contributed by atoms with E-state index in [2.05, 4.69) is 5.32 Å². The number of carboxylic acids is 1. The van der Waals surface area contributed by atoms with Crippen molar-refractivity contribution in [2.45, 2.75) is 13.8 Å². The molecule has 0 saturated heterocycles. The van der Waals surface area contributed by atoms with Crippen molar-refractivity contribution >= 4 is 17.6 Å². The third-order valence-electron chi connectivity index (χ3n) is 2.28. The number of hydrogen-bond donors (Lipinski definition) is 2. The molecule has 0 fully saturated rings. The van der Waals surface area contributed by atoms with Gasteiger partial charge in [0.2, 0.25) is 5.91 Å². The molecule has 0 unspecified atom stereocenters. The van der Waals surface area contributed by atoms with Crippen molar-refractivity contribution in [3.8, 4) is 0 Å². The van der Waals surface area contributed by atoms with E-state index >= 15 is 0 Å². The number of rotatable bonds is 4. The van der Waals surface area contributed by atoms with Gasteiger partial charge in [-0.2, -0.15) is 0 Å². The number of aryl methyl sites for hydroxylation is 1. The van der Waals surface area contributed by atoms with E-state index in [1.165, 1.54) is 12.1 Å². The highest BCUT2D eigenvalue weighted by atomic mass is 16.4. The van der Waals surface area contributed by atoms with E-state index in [4.69, 9.17) is 5.11 Å². The maximum absolute atomic E-state index is 11.5. The summed E-state index contributed by atoms with van der Waals surface area (Å²) in [6.45, 7) is 3.55. The first-order valence-corrected chi connectivity index (χ1v) is 5.49. The molecule has 2 N–H and O–H groups in total. The smallest absolute Gasteiger partial charge is 0.335 e. The molecule has 0 aliphatic heterocycles. The second-order valence-corrected chi connectivity index (χ2v) is 3.71. The van der Waals surface area contributed by atoms with Crippen LogP contribution in [0.5, 0.6) is 0 Å². The SMILES string of the molecule is C/C=C/C=C\C(=O)Nc1ccc(C(=O)O)c(C)c1. The van der Waals surface area contributed by atoms with Gasteiger partial charge < -0.3 is 10.4 Å². The molecule has 1 aromatic rings. The topological polar surface area (TPSA) is 66.4 Å². The fourth-order valence-corrected chi connectivity index (χ4v) is 1.42. The Labute approximate surface area is 106 Å². The Bertz CT molecular complexity index is 516. The quantitative estimate of drug-likeness (QED) is 0.633. The molecular formula is C14H15NO3. The molecule has 0 bridgehead atoms. The third kappa shape index (κ3) is 3.90. The number of hydrogen-bond acceptors (Lipinski definition) is 2. The summed E-state index contributed by atoms with van der Waals surface area (Å²) in [6.07, 6.45) is 6.60. The number of benzene rings is 1. The van der Waals surface area contributed by atoms with Crippen LogP contribution in [0.25, 0.3) is 0 Å². The zero-order chi connectivity index (χ0) is 13.5. The van der Waals surface area contributed by atoms with Gasteiger partial charge in [0.15, 0.2) is 0 Å². The minimum atomic E-state index is -0.974. The molecule has 0 aromatic heterocycles. The maximum Gasteiger partial charge on any atom is 0.335 e. The number of carboxylic acid groups (broad SMARTS) is 1. The van der Waals surface area contributed by atoms with Crippen molar-refractivity contribution in [3.63, 3.8) is 0 Å². The molecule has 18 heavy (non-hydrogen) atoms. The zero-order valence-electron chi connectivity index (χ0n) is 10.3. The molecule has 1 amide bonds. The maximum atomic E-state index is 11.5. The summed E-state index contributed by atoms with van der Waals surface area (Å²) in [6, 6.07) is 4.67. The first-order chi connectivity index (χ1) is 8.54. The number of carbonyl (C=O) groups excluding carboxylic acids is 1. The minimum absolute atomic E-state index is 0.234. The van der Waals surface area contributed by atoms with Crippen molar-refractivity contribution in [1.29, 1.82) is 0 Å². The molecular weight excluding hydrogens is 230 g/mol. The first-order valence-electron chi connectivity index (χ1n) is 5.49. The Hall–Kier alpha value is -2.36. The molecule has 0 aliphatic carbocycles. The molecule has 0 saturated carbocycles. The van der Waals surface area contributed by atoms with Crippen LogP contribution in [-0.4, -0.2) is 17.0 Å². The van der Waals surface area contributed by atoms with Gasteiger partial charge in [0.05, 0.1) is 5.56 Å². The fourth-order valence-electron chi connectivity index (χ4n) is 1.42. The van der Waals surface area contributed by atoms with Crippen molar-refractivity contribution in [3.05, 3.63) is 53.6 Å². The summed E-state index contributed by atoms with van der Waals surface area (Å²) in [4.78, 5) is 22.3. The van der Waals surface area contributed by atoms with Crippen LogP contribution in [0.3, 0.4) is 0 Å². The Balaban J connectivity index is 2.77. The van der Waals surface area contributed by atoms with E-state index in [9.17, 15) is 9.59 Å². The van der Waals surface area contributed by atoms with E-state index in [1.54, 1.807) is 31.2 Å². The number of amides is 1. The van der Waals surface area contributed by atoms with E-state index < -0.39 is 5.97 Å². The van der Waals surface area contributed by atoms with Gasteiger partial charge >= 0.3 is 5.97 Å². The molecule has 4 heteroatoms. The van der Waals surface area contributed by atoms with Gasteiger partial charge in [-0.05, 0) is 37.6 Å². The lowest BCUT2D eigenvalue weighted by Crippen LogP contribution is -2.08. The Morgan fingerprint density at radius 3 is 2.56 bits per heavy atom. The standard InChI is InChI=1S/C14H15NO3/c1-3-4-5-6-13(16)15-11-7-8-12(14(17)18)10(2)9-11/h3-9H,1-2H3,(H,15,16)(H,17,18)/b4-3+,6-5-. The van der Waals surface area contributed by atoms with Gasteiger partial charge in [0.25, 0.3) is 0 Å². The lowest BCUT2D eigenvalue weighted by Gasteiger charge is -2.05. The number of anilines is 1. The van der Waals surface area contributed by atoms with Crippen LogP contribution in [0.2, 0.25) is 0 Å². The predicted octanol–water partition coefficient (Wildman–Crippen LogP) is 2.76. The van der Waals surface area contributed by atoms with Crippen LogP contribution in [-0.2, 0) is 4.79 Å². The molecule has 1 rings (SSSR count). The second-order valence-electron chi connectivity index (χ2n) is 3.71. The summed E-state index contributed by atoms with van der Waals surface area (Å²) in [7, 11) is 0. The molecule has 0 spiro atoms. The van der Waals surface area contributed by atoms with Crippen molar-refractivity contribution in [2.24, 2.45) is 0 Å². The van der Waals surface area contributed by atoms with E-state index in [-0.39, 0.29) is 11.5 Å². The largest absolute Gasteiger partial charge is 0.478 e. The molecule has 1 aromatic carbocycles. The lowest BCUT2D eigenvalue weighted by atomic mass is 10.1.